The van der Waals surface area contributed by atoms with Crippen LogP contribution in [0.5, 0.6) is 0 Å². The van der Waals surface area contributed by atoms with Crippen molar-refractivity contribution < 1.29 is 19.4 Å². The van der Waals surface area contributed by atoms with Crippen molar-refractivity contribution in [3.05, 3.63) is 107 Å². The van der Waals surface area contributed by atoms with E-state index < -0.39 is 5.97 Å². The second-order valence-corrected chi connectivity index (χ2v) is 6.63. The first kappa shape index (κ1) is 18.7. The van der Waals surface area contributed by atoms with Crippen LogP contribution in [0.15, 0.2) is 84.9 Å². The molecular formula is C24H19NO4. The molecule has 5 nitrogen and oxygen atoms in total. The molecule has 0 unspecified atom stereocenters. The summed E-state index contributed by atoms with van der Waals surface area (Å²) in [6, 6.07) is 25.5. The van der Waals surface area contributed by atoms with E-state index in [0.717, 1.165) is 5.56 Å². The van der Waals surface area contributed by atoms with E-state index in [-0.39, 0.29) is 18.1 Å². The van der Waals surface area contributed by atoms with E-state index in [1.54, 1.807) is 48.5 Å². The predicted octanol–water partition coefficient (Wildman–Crippen LogP) is 4.74. The molecule has 0 bridgehead atoms. The van der Waals surface area contributed by atoms with Gasteiger partial charge < -0.3 is 9.84 Å². The number of hydrogen-bond acceptors (Lipinski definition) is 3. The number of carbonyl (C=O) groups excluding carboxylic acids is 1. The molecule has 0 radical (unpaired) electrons. The normalized spacial score (nSPS) is 10.9. The van der Waals surface area contributed by atoms with Crippen LogP contribution in [0.3, 0.4) is 0 Å². The van der Waals surface area contributed by atoms with Crippen molar-refractivity contribution in [3.8, 4) is 0 Å². The molecular weight excluding hydrogens is 366 g/mol. The molecule has 0 saturated carbocycles. The van der Waals surface area contributed by atoms with Gasteiger partial charge in [-0.15, -0.1) is 0 Å². The van der Waals surface area contributed by atoms with E-state index in [1.165, 1.54) is 4.57 Å². The minimum absolute atomic E-state index is 0.00375. The lowest BCUT2D eigenvalue weighted by Gasteiger charge is -2.11. The van der Waals surface area contributed by atoms with Crippen molar-refractivity contribution in [2.75, 3.05) is 0 Å². The van der Waals surface area contributed by atoms with E-state index >= 15 is 0 Å². The fourth-order valence-electron chi connectivity index (χ4n) is 3.45. The summed E-state index contributed by atoms with van der Waals surface area (Å²) in [5.41, 5.74) is 2.44. The number of para-hydroxylation sites is 1. The number of hydrogen-bond donors (Lipinski definition) is 1. The van der Waals surface area contributed by atoms with Gasteiger partial charge in [-0.1, -0.05) is 66.7 Å². The lowest BCUT2D eigenvalue weighted by Crippen LogP contribution is -2.17. The zero-order chi connectivity index (χ0) is 20.2. The zero-order valence-electron chi connectivity index (χ0n) is 15.6. The molecule has 1 N–H and O–H groups in total. The summed E-state index contributed by atoms with van der Waals surface area (Å²) in [7, 11) is 0. The zero-order valence-corrected chi connectivity index (χ0v) is 15.6. The Balaban J connectivity index is 1.79. The van der Waals surface area contributed by atoms with Crippen molar-refractivity contribution in [3.63, 3.8) is 0 Å². The molecule has 29 heavy (non-hydrogen) atoms. The van der Waals surface area contributed by atoms with Crippen LogP contribution in [0.2, 0.25) is 0 Å². The molecule has 0 fully saturated rings. The van der Waals surface area contributed by atoms with E-state index in [0.29, 0.717) is 28.8 Å². The van der Waals surface area contributed by atoms with Crippen molar-refractivity contribution in [1.29, 1.82) is 0 Å². The second kappa shape index (κ2) is 8.12. The van der Waals surface area contributed by atoms with Gasteiger partial charge in [-0.25, -0.2) is 4.79 Å². The number of carboxylic acid groups (broad SMARTS) is 1. The first-order chi connectivity index (χ1) is 14.2. The maximum atomic E-state index is 13.3. The van der Waals surface area contributed by atoms with Gasteiger partial charge in [0.25, 0.3) is 5.91 Å². The van der Waals surface area contributed by atoms with Crippen LogP contribution in [0.1, 0.15) is 32.0 Å². The molecule has 4 rings (SSSR count). The van der Waals surface area contributed by atoms with Gasteiger partial charge in [-0.05, 0) is 23.8 Å². The molecule has 3 aromatic carbocycles. The van der Waals surface area contributed by atoms with Crippen molar-refractivity contribution in [2.24, 2.45) is 0 Å². The number of ether oxygens (including phenoxy) is 1. The molecule has 0 aliphatic carbocycles. The molecule has 4 aromatic rings. The molecule has 0 aliphatic heterocycles. The molecule has 0 atom stereocenters. The standard InChI is InChI=1S/C24H19NO4/c26-23(18-11-5-2-6-12-18)25-20-14-8-7-13-19(20)22(24(27)28)21(25)16-29-15-17-9-3-1-4-10-17/h1-14H,15-16H2,(H,27,28). The highest BCUT2D eigenvalue weighted by atomic mass is 16.5. The minimum atomic E-state index is -1.08. The number of aromatic carboxylic acids is 1. The predicted molar refractivity (Wildman–Crippen MR) is 110 cm³/mol. The van der Waals surface area contributed by atoms with Crippen LogP contribution in [-0.2, 0) is 18.0 Å². The van der Waals surface area contributed by atoms with E-state index in [1.807, 2.05) is 36.4 Å². The Hall–Kier alpha value is -3.70. The minimum Gasteiger partial charge on any atom is -0.478 e. The number of rotatable bonds is 6. The van der Waals surface area contributed by atoms with Crippen molar-refractivity contribution in [2.45, 2.75) is 13.2 Å². The third kappa shape index (κ3) is 3.68. The highest BCUT2D eigenvalue weighted by Gasteiger charge is 2.25. The van der Waals surface area contributed by atoms with Crippen LogP contribution < -0.4 is 0 Å². The molecule has 0 saturated heterocycles. The number of carbonyl (C=O) groups is 2. The summed E-state index contributed by atoms with van der Waals surface area (Å²) >= 11 is 0. The van der Waals surface area contributed by atoms with Gasteiger partial charge >= 0.3 is 5.97 Å². The Morgan fingerprint density at radius 3 is 2.10 bits per heavy atom. The van der Waals surface area contributed by atoms with Crippen LogP contribution in [0, 0.1) is 0 Å². The smallest absolute Gasteiger partial charge is 0.338 e. The summed E-state index contributed by atoms with van der Waals surface area (Å²) in [5.74, 6) is -1.37. The lowest BCUT2D eigenvalue weighted by atomic mass is 10.1. The third-order valence-electron chi connectivity index (χ3n) is 4.76. The van der Waals surface area contributed by atoms with Crippen molar-refractivity contribution >= 4 is 22.8 Å². The maximum Gasteiger partial charge on any atom is 0.338 e. The van der Waals surface area contributed by atoms with Crippen LogP contribution in [0.4, 0.5) is 0 Å². The Morgan fingerprint density at radius 1 is 0.793 bits per heavy atom. The van der Waals surface area contributed by atoms with Gasteiger partial charge in [0.2, 0.25) is 0 Å². The molecule has 0 amide bonds. The number of benzene rings is 3. The van der Waals surface area contributed by atoms with Gasteiger partial charge in [0, 0.05) is 10.9 Å². The van der Waals surface area contributed by atoms with E-state index in [2.05, 4.69) is 0 Å². The summed E-state index contributed by atoms with van der Waals surface area (Å²) in [6.07, 6.45) is 0. The SMILES string of the molecule is O=C(O)c1c(COCc2ccccc2)n(C(=O)c2ccccc2)c2ccccc12. The average Bonchev–Trinajstić information content (AvgIpc) is 3.09. The number of carboxylic acids is 1. The molecule has 1 heterocycles. The maximum absolute atomic E-state index is 13.3. The van der Waals surface area contributed by atoms with Crippen LogP contribution >= 0.6 is 0 Å². The monoisotopic (exact) mass is 385 g/mol. The quantitative estimate of drug-likeness (QED) is 0.520. The van der Waals surface area contributed by atoms with Crippen LogP contribution in [-0.4, -0.2) is 21.6 Å². The molecule has 1 aromatic heterocycles. The summed E-state index contributed by atoms with van der Waals surface area (Å²) < 4.78 is 7.27. The number of fused-ring (bicyclic) bond motifs is 1. The molecule has 0 aliphatic rings. The molecule has 0 spiro atoms. The largest absolute Gasteiger partial charge is 0.478 e. The lowest BCUT2D eigenvalue weighted by molar-refractivity contribution is 0.0683. The fourth-order valence-corrected chi connectivity index (χ4v) is 3.45. The van der Waals surface area contributed by atoms with Gasteiger partial charge in [0.05, 0.1) is 30.0 Å². The second-order valence-electron chi connectivity index (χ2n) is 6.63. The Kier molecular flexibility index (Phi) is 5.22. The number of nitrogens with zero attached hydrogens (tertiary/aromatic N) is 1. The first-order valence-corrected chi connectivity index (χ1v) is 9.24. The summed E-state index contributed by atoms with van der Waals surface area (Å²) in [4.78, 5) is 25.3. The summed E-state index contributed by atoms with van der Waals surface area (Å²) in [5, 5.41) is 10.4. The molecule has 5 heteroatoms. The third-order valence-corrected chi connectivity index (χ3v) is 4.76. The Labute approximate surface area is 167 Å². The van der Waals surface area contributed by atoms with Crippen molar-refractivity contribution in [1.82, 2.24) is 4.57 Å². The highest BCUT2D eigenvalue weighted by Crippen LogP contribution is 2.28. The summed E-state index contributed by atoms with van der Waals surface area (Å²) in [6.45, 7) is 0.324. The Bertz CT molecular complexity index is 1160. The number of aromatic nitrogens is 1. The topological polar surface area (TPSA) is 68.5 Å². The van der Waals surface area contributed by atoms with E-state index in [9.17, 15) is 14.7 Å². The van der Waals surface area contributed by atoms with Gasteiger partial charge in [-0.2, -0.15) is 0 Å². The molecule has 144 valence electrons. The first-order valence-electron chi connectivity index (χ1n) is 9.24. The Morgan fingerprint density at radius 2 is 1.41 bits per heavy atom. The fraction of sp³-hybridized carbons (Fsp3) is 0.0833. The van der Waals surface area contributed by atoms with Crippen LogP contribution in [0.25, 0.3) is 10.9 Å². The van der Waals surface area contributed by atoms with E-state index in [4.69, 9.17) is 4.74 Å². The van der Waals surface area contributed by atoms with Gasteiger partial charge in [0.15, 0.2) is 0 Å². The van der Waals surface area contributed by atoms with Gasteiger partial charge in [0.1, 0.15) is 0 Å². The van der Waals surface area contributed by atoms with Gasteiger partial charge in [-0.3, -0.25) is 9.36 Å². The average molecular weight is 385 g/mol. The highest BCUT2D eigenvalue weighted by molar-refractivity contribution is 6.11.